The van der Waals surface area contributed by atoms with E-state index in [1.54, 1.807) is 24.6 Å². The molecule has 2 aromatic heterocycles. The number of hydrogen-bond donors (Lipinski definition) is 2. The second-order valence-electron chi connectivity index (χ2n) is 6.12. The smallest absolute Gasteiger partial charge is 0.252 e. The predicted octanol–water partition coefficient (Wildman–Crippen LogP) is 2.85. The van der Waals surface area contributed by atoms with Crippen molar-refractivity contribution in [3.63, 3.8) is 0 Å². The van der Waals surface area contributed by atoms with Crippen LogP contribution in [0.25, 0.3) is 0 Å². The third-order valence-electron chi connectivity index (χ3n) is 4.23. The first-order valence-electron chi connectivity index (χ1n) is 9.42. The summed E-state index contributed by atoms with van der Waals surface area (Å²) in [5.41, 5.74) is 1.96. The number of aromatic nitrogens is 1. The molecule has 0 amide bonds. The van der Waals surface area contributed by atoms with Crippen molar-refractivity contribution in [1.29, 1.82) is 0 Å². The molecule has 0 saturated heterocycles. The molecule has 2 aromatic rings. The minimum absolute atomic E-state index is 0. The molecule has 0 bridgehead atoms. The number of sulfonamides is 1. The Morgan fingerprint density at radius 3 is 2.62 bits per heavy atom. The van der Waals surface area contributed by atoms with Crippen LogP contribution in [0.15, 0.2) is 31.2 Å². The van der Waals surface area contributed by atoms with Gasteiger partial charge in [-0.2, -0.15) is 4.31 Å². The summed E-state index contributed by atoms with van der Waals surface area (Å²) in [7, 11) is -1.86. The topological polar surface area (TPSA) is 99.8 Å². The molecule has 8 nitrogen and oxygen atoms in total. The summed E-state index contributed by atoms with van der Waals surface area (Å²) in [6.45, 7) is 8.00. The van der Waals surface area contributed by atoms with Gasteiger partial charge >= 0.3 is 0 Å². The lowest BCUT2D eigenvalue weighted by molar-refractivity contribution is 0.380. The number of guanidine groups is 1. The summed E-state index contributed by atoms with van der Waals surface area (Å²) in [4.78, 5) is 4.61. The predicted molar refractivity (Wildman–Crippen MR) is 128 cm³/mol. The Bertz CT molecular complexity index is 845. The van der Waals surface area contributed by atoms with E-state index >= 15 is 0 Å². The second-order valence-corrected chi connectivity index (χ2v) is 9.34. The van der Waals surface area contributed by atoms with Gasteiger partial charge in [0, 0.05) is 38.7 Å². The Morgan fingerprint density at radius 1 is 1.28 bits per heavy atom. The fraction of sp³-hybridized carbons (Fsp3) is 0.556. The zero-order chi connectivity index (χ0) is 20.6. The molecule has 11 heteroatoms. The maximum absolute atomic E-state index is 12.5. The van der Waals surface area contributed by atoms with Crippen molar-refractivity contribution in [1.82, 2.24) is 20.1 Å². The van der Waals surface area contributed by atoms with Crippen LogP contribution in [0.3, 0.4) is 0 Å². The van der Waals surface area contributed by atoms with Gasteiger partial charge in [0.2, 0.25) is 0 Å². The number of aryl methyl sites for hydroxylation is 2. The third kappa shape index (κ3) is 6.93. The number of halogens is 1. The molecule has 0 saturated carbocycles. The highest BCUT2D eigenvalue weighted by atomic mass is 127. The first kappa shape index (κ1) is 25.9. The molecule has 0 aliphatic carbocycles. The molecule has 2 heterocycles. The average molecular weight is 556 g/mol. The highest BCUT2D eigenvalue weighted by Gasteiger charge is 2.21. The van der Waals surface area contributed by atoms with Crippen molar-refractivity contribution < 1.29 is 12.9 Å². The average Bonchev–Trinajstić information content (AvgIpc) is 3.35. The molecule has 2 N–H and O–H groups in total. The van der Waals surface area contributed by atoms with Crippen LogP contribution in [0, 0.1) is 0 Å². The Balaban J connectivity index is 0.00000420. The van der Waals surface area contributed by atoms with Gasteiger partial charge in [0.25, 0.3) is 10.0 Å². The van der Waals surface area contributed by atoms with Crippen LogP contribution < -0.4 is 10.6 Å². The monoisotopic (exact) mass is 555 g/mol. The third-order valence-corrected chi connectivity index (χ3v) is 7.46. The van der Waals surface area contributed by atoms with Gasteiger partial charge < -0.3 is 15.2 Å². The molecular formula is C18H30IN5O3S2. The summed E-state index contributed by atoms with van der Waals surface area (Å²) < 4.78 is 32.0. The highest BCUT2D eigenvalue weighted by molar-refractivity contribution is 14.0. The highest BCUT2D eigenvalue weighted by Crippen LogP contribution is 2.19. The lowest BCUT2D eigenvalue weighted by Gasteiger charge is -2.17. The fourth-order valence-electron chi connectivity index (χ4n) is 2.63. The van der Waals surface area contributed by atoms with Gasteiger partial charge in [-0.3, -0.25) is 0 Å². The summed E-state index contributed by atoms with van der Waals surface area (Å²) >= 11 is 1.22. The first-order valence-corrected chi connectivity index (χ1v) is 11.7. The standard InChI is InChI=1S/C18H29N5O3S2.HI/c1-5-15-14(16(6-2)26-22-15)13-21-18(19-7-3)20-10-11-23(4)28(24,25)17-9-8-12-27-17;/h8-9,12H,5-7,10-11,13H2,1-4H3,(H2,19,20,21);1H. The minimum Gasteiger partial charge on any atom is -0.361 e. The molecule has 164 valence electrons. The number of rotatable bonds is 10. The van der Waals surface area contributed by atoms with Crippen LogP contribution >= 0.6 is 35.3 Å². The zero-order valence-corrected chi connectivity index (χ0v) is 21.2. The lowest BCUT2D eigenvalue weighted by atomic mass is 10.1. The zero-order valence-electron chi connectivity index (χ0n) is 17.3. The number of nitrogens with zero attached hydrogens (tertiary/aromatic N) is 3. The summed E-state index contributed by atoms with van der Waals surface area (Å²) in [6, 6.07) is 3.35. The normalized spacial score (nSPS) is 12.1. The quantitative estimate of drug-likeness (QED) is 0.266. The van der Waals surface area contributed by atoms with Crippen LogP contribution in [-0.4, -0.2) is 50.5 Å². The van der Waals surface area contributed by atoms with Gasteiger partial charge in [-0.25, -0.2) is 13.4 Å². The van der Waals surface area contributed by atoms with Crippen molar-refractivity contribution in [3.05, 3.63) is 34.5 Å². The Hall–Kier alpha value is -1.18. The first-order chi connectivity index (χ1) is 13.4. The van der Waals surface area contributed by atoms with Crippen LogP contribution in [0.2, 0.25) is 0 Å². The Labute approximate surface area is 194 Å². The van der Waals surface area contributed by atoms with Gasteiger partial charge in [0.15, 0.2) is 5.96 Å². The van der Waals surface area contributed by atoms with Crippen molar-refractivity contribution >= 4 is 51.3 Å². The number of likely N-dealkylation sites (N-methyl/N-ethyl adjacent to an activating group) is 1. The molecule has 0 atom stereocenters. The summed E-state index contributed by atoms with van der Waals surface area (Å²) in [5.74, 6) is 1.49. The van der Waals surface area contributed by atoms with Gasteiger partial charge in [0.05, 0.1) is 12.2 Å². The number of nitrogens with one attached hydrogen (secondary N) is 2. The summed E-state index contributed by atoms with van der Waals surface area (Å²) in [6.07, 6.45) is 1.57. The molecule has 0 fully saturated rings. The van der Waals surface area contributed by atoms with Crippen LogP contribution in [0.4, 0.5) is 0 Å². The van der Waals surface area contributed by atoms with E-state index in [4.69, 9.17) is 4.52 Å². The molecule has 0 radical (unpaired) electrons. The molecule has 0 aliphatic rings. The van der Waals surface area contributed by atoms with Gasteiger partial charge in [0.1, 0.15) is 9.97 Å². The van der Waals surface area contributed by atoms with Gasteiger partial charge in [-0.15, -0.1) is 35.3 Å². The van der Waals surface area contributed by atoms with E-state index in [9.17, 15) is 8.42 Å². The van der Waals surface area contributed by atoms with E-state index in [1.165, 1.54) is 15.6 Å². The molecular weight excluding hydrogens is 525 g/mol. The summed E-state index contributed by atoms with van der Waals surface area (Å²) in [5, 5.41) is 12.2. The Kier molecular flexibility index (Phi) is 11.1. The number of aliphatic imine (C=N–C) groups is 1. The molecule has 2 rings (SSSR count). The van der Waals surface area contributed by atoms with Crippen molar-refractivity contribution in [2.75, 3.05) is 26.7 Å². The van der Waals surface area contributed by atoms with E-state index in [1.807, 2.05) is 20.8 Å². The van der Waals surface area contributed by atoms with E-state index in [2.05, 4.69) is 20.8 Å². The van der Waals surface area contributed by atoms with E-state index in [0.29, 0.717) is 36.3 Å². The van der Waals surface area contributed by atoms with E-state index < -0.39 is 10.0 Å². The lowest BCUT2D eigenvalue weighted by Crippen LogP contribution is -2.42. The molecule has 29 heavy (non-hydrogen) atoms. The van der Waals surface area contributed by atoms with Crippen molar-refractivity contribution in [2.45, 2.75) is 44.4 Å². The van der Waals surface area contributed by atoms with Crippen LogP contribution in [0.1, 0.15) is 37.8 Å². The molecule has 0 aromatic carbocycles. The maximum Gasteiger partial charge on any atom is 0.252 e. The SMILES string of the molecule is CCNC(=NCc1c(CC)noc1CC)NCCN(C)S(=O)(=O)c1cccs1.I. The largest absolute Gasteiger partial charge is 0.361 e. The van der Waals surface area contributed by atoms with Crippen LogP contribution in [0.5, 0.6) is 0 Å². The van der Waals surface area contributed by atoms with Gasteiger partial charge in [-0.1, -0.05) is 25.1 Å². The molecule has 0 unspecified atom stereocenters. The Morgan fingerprint density at radius 2 is 2.03 bits per heavy atom. The number of hydrogen-bond acceptors (Lipinski definition) is 6. The van der Waals surface area contributed by atoms with Crippen molar-refractivity contribution in [2.24, 2.45) is 4.99 Å². The molecule has 0 aliphatic heterocycles. The second kappa shape index (κ2) is 12.5. The van der Waals surface area contributed by atoms with Crippen molar-refractivity contribution in [3.8, 4) is 0 Å². The van der Waals surface area contributed by atoms with E-state index in [-0.39, 0.29) is 24.0 Å². The minimum atomic E-state index is -3.44. The van der Waals surface area contributed by atoms with E-state index in [0.717, 1.165) is 29.9 Å². The van der Waals surface area contributed by atoms with Crippen LogP contribution in [-0.2, 0) is 29.4 Å². The fourth-order valence-corrected chi connectivity index (χ4v) is 5.00. The molecule has 0 spiro atoms. The number of thiophene rings is 1. The van der Waals surface area contributed by atoms with Gasteiger partial charge in [-0.05, 0) is 24.8 Å². The maximum atomic E-state index is 12.5.